The number of aromatic nitrogens is 5. The summed E-state index contributed by atoms with van der Waals surface area (Å²) < 4.78 is 3.25. The quantitative estimate of drug-likeness (QED) is 0.494. The molecule has 0 aliphatic carbocycles. The topological polar surface area (TPSA) is 97.6 Å². The summed E-state index contributed by atoms with van der Waals surface area (Å²) in [5.74, 6) is 0.465. The van der Waals surface area contributed by atoms with Crippen molar-refractivity contribution in [2.24, 2.45) is 7.05 Å². The van der Waals surface area contributed by atoms with Crippen LogP contribution in [0, 0.1) is 0 Å². The van der Waals surface area contributed by atoms with Gasteiger partial charge in [0.15, 0.2) is 0 Å². The first-order valence-electron chi connectivity index (χ1n) is 9.25. The Labute approximate surface area is 164 Å². The van der Waals surface area contributed by atoms with Gasteiger partial charge in [0.2, 0.25) is 5.91 Å². The van der Waals surface area contributed by atoms with Crippen LogP contribution in [0.15, 0.2) is 59.7 Å². The number of carbonyl (C=O) groups is 1. The number of benzene rings is 2. The number of para-hydroxylation sites is 3. The molecule has 2 aromatic carbocycles. The van der Waals surface area contributed by atoms with Crippen LogP contribution in [0.1, 0.15) is 5.82 Å². The lowest BCUT2D eigenvalue weighted by molar-refractivity contribution is -0.121. The summed E-state index contributed by atoms with van der Waals surface area (Å²) in [4.78, 5) is 37.2. The van der Waals surface area contributed by atoms with Gasteiger partial charge in [-0.15, -0.1) is 0 Å². The highest BCUT2D eigenvalue weighted by Gasteiger charge is 2.13. The number of nitrogens with one attached hydrogen (secondary N) is 2. The summed E-state index contributed by atoms with van der Waals surface area (Å²) in [6.07, 6.45) is 1.42. The molecule has 0 aliphatic heterocycles. The van der Waals surface area contributed by atoms with E-state index >= 15 is 0 Å². The highest BCUT2D eigenvalue weighted by Crippen LogP contribution is 2.20. The zero-order chi connectivity index (χ0) is 20.0. The number of hydrogen-bond donors (Lipinski definition) is 2. The van der Waals surface area contributed by atoms with E-state index < -0.39 is 0 Å². The highest BCUT2D eigenvalue weighted by atomic mass is 16.2. The molecule has 1 amide bonds. The second-order valence-corrected chi connectivity index (χ2v) is 6.92. The van der Waals surface area contributed by atoms with E-state index in [1.54, 1.807) is 0 Å². The van der Waals surface area contributed by atoms with Gasteiger partial charge < -0.3 is 14.9 Å². The number of hydrogen-bond acceptors (Lipinski definition) is 4. The number of imidazole rings is 1. The van der Waals surface area contributed by atoms with Crippen LogP contribution < -0.4 is 10.9 Å². The lowest BCUT2D eigenvalue weighted by atomic mass is 10.2. The summed E-state index contributed by atoms with van der Waals surface area (Å²) in [6, 6.07) is 15.4. The van der Waals surface area contributed by atoms with Crippen molar-refractivity contribution in [1.82, 2.24) is 29.4 Å². The van der Waals surface area contributed by atoms with E-state index in [1.807, 2.05) is 60.1 Å². The third-order valence-electron chi connectivity index (χ3n) is 5.12. The maximum atomic E-state index is 12.8. The molecule has 8 heteroatoms. The van der Waals surface area contributed by atoms with E-state index in [0.717, 1.165) is 27.8 Å². The number of aromatic amines is 1. The number of fused-ring (bicyclic) bond motifs is 4. The van der Waals surface area contributed by atoms with Crippen molar-refractivity contribution in [1.29, 1.82) is 0 Å². The lowest BCUT2D eigenvalue weighted by Crippen LogP contribution is -2.32. The van der Waals surface area contributed by atoms with E-state index in [0.29, 0.717) is 11.0 Å². The van der Waals surface area contributed by atoms with Crippen LogP contribution in [0.5, 0.6) is 0 Å². The van der Waals surface area contributed by atoms with E-state index in [-0.39, 0.29) is 24.6 Å². The maximum Gasteiger partial charge on any atom is 0.278 e. The molecular formula is C21H18N6O2. The Morgan fingerprint density at radius 3 is 2.79 bits per heavy atom. The van der Waals surface area contributed by atoms with Crippen LogP contribution in [0.25, 0.3) is 33.0 Å². The normalized spacial score (nSPS) is 11.5. The van der Waals surface area contributed by atoms with Gasteiger partial charge in [0.1, 0.15) is 23.4 Å². The van der Waals surface area contributed by atoms with Gasteiger partial charge in [-0.3, -0.25) is 14.2 Å². The van der Waals surface area contributed by atoms with Gasteiger partial charge in [-0.1, -0.05) is 30.3 Å². The minimum atomic E-state index is -0.281. The van der Waals surface area contributed by atoms with Gasteiger partial charge in [0, 0.05) is 18.0 Å². The predicted molar refractivity (Wildman–Crippen MR) is 110 cm³/mol. The Kier molecular flexibility index (Phi) is 3.90. The van der Waals surface area contributed by atoms with Crippen LogP contribution in [0.2, 0.25) is 0 Å². The molecule has 0 saturated heterocycles. The zero-order valence-electron chi connectivity index (χ0n) is 15.7. The van der Waals surface area contributed by atoms with Gasteiger partial charge in [-0.05, 0) is 18.2 Å². The molecule has 5 rings (SSSR count). The molecule has 0 bridgehead atoms. The third-order valence-corrected chi connectivity index (χ3v) is 5.12. The van der Waals surface area contributed by atoms with E-state index in [4.69, 9.17) is 0 Å². The Bertz CT molecular complexity index is 1440. The molecular weight excluding hydrogens is 368 g/mol. The van der Waals surface area contributed by atoms with E-state index in [9.17, 15) is 9.59 Å². The van der Waals surface area contributed by atoms with Crippen molar-refractivity contribution >= 4 is 38.9 Å². The third kappa shape index (κ3) is 2.85. The average molecular weight is 386 g/mol. The van der Waals surface area contributed by atoms with E-state index in [2.05, 4.69) is 20.3 Å². The molecule has 0 fully saturated rings. The molecule has 0 unspecified atom stereocenters. The number of H-pyrrole nitrogens is 1. The van der Waals surface area contributed by atoms with Crippen molar-refractivity contribution in [3.63, 3.8) is 0 Å². The monoisotopic (exact) mass is 386 g/mol. The number of amides is 1. The lowest BCUT2D eigenvalue weighted by Gasteiger charge is -2.07. The minimum absolute atomic E-state index is 0.110. The minimum Gasteiger partial charge on any atom is -0.349 e. The van der Waals surface area contributed by atoms with Gasteiger partial charge in [0.05, 0.1) is 23.9 Å². The van der Waals surface area contributed by atoms with Crippen molar-refractivity contribution in [3.05, 3.63) is 71.0 Å². The molecule has 0 atom stereocenters. The fraction of sp³-hybridized carbons (Fsp3) is 0.143. The summed E-state index contributed by atoms with van der Waals surface area (Å²) in [5.41, 5.74) is 3.46. The summed E-state index contributed by atoms with van der Waals surface area (Å²) in [6.45, 7) is 0.169. The molecule has 0 aliphatic rings. The number of rotatable bonds is 4. The molecule has 3 aromatic heterocycles. The largest absolute Gasteiger partial charge is 0.349 e. The molecule has 3 heterocycles. The summed E-state index contributed by atoms with van der Waals surface area (Å²) >= 11 is 0. The standard InChI is InChI=1S/C21H18N6O2/c1-26-16-9-5-4-8-15(16)24-17(26)10-22-18(28)11-27-12-23-19-13-6-2-3-7-14(13)25-20(19)21(27)29/h2-9,12,25H,10-11H2,1H3,(H,22,28). The van der Waals surface area contributed by atoms with Crippen molar-refractivity contribution in [2.75, 3.05) is 0 Å². The fourth-order valence-electron chi connectivity index (χ4n) is 3.59. The smallest absolute Gasteiger partial charge is 0.278 e. The zero-order valence-corrected chi connectivity index (χ0v) is 15.7. The maximum absolute atomic E-state index is 12.8. The molecule has 8 nitrogen and oxygen atoms in total. The number of nitrogens with zero attached hydrogens (tertiary/aromatic N) is 4. The van der Waals surface area contributed by atoms with Crippen molar-refractivity contribution in [3.8, 4) is 0 Å². The SMILES string of the molecule is Cn1c(CNC(=O)Cn2cnc3c([nH]c4ccccc43)c2=O)nc2ccccc21. The van der Waals surface area contributed by atoms with Gasteiger partial charge >= 0.3 is 0 Å². The first kappa shape index (κ1) is 17.2. The van der Waals surface area contributed by atoms with Crippen LogP contribution >= 0.6 is 0 Å². The summed E-state index contributed by atoms with van der Waals surface area (Å²) in [5, 5.41) is 3.72. The second kappa shape index (κ2) is 6.59. The second-order valence-electron chi connectivity index (χ2n) is 6.92. The van der Waals surface area contributed by atoms with Crippen molar-refractivity contribution in [2.45, 2.75) is 13.1 Å². The molecule has 29 heavy (non-hydrogen) atoms. The Balaban J connectivity index is 1.37. The Hall–Kier alpha value is -3.94. The summed E-state index contributed by atoms with van der Waals surface area (Å²) in [7, 11) is 1.91. The molecule has 2 N–H and O–H groups in total. The van der Waals surface area contributed by atoms with Crippen LogP contribution in [-0.2, 0) is 24.9 Å². The van der Waals surface area contributed by atoms with E-state index in [1.165, 1.54) is 10.9 Å². The average Bonchev–Trinajstić information content (AvgIpc) is 3.27. The number of carbonyl (C=O) groups excluding carboxylic acids is 1. The number of aryl methyl sites for hydroxylation is 1. The van der Waals surface area contributed by atoms with Gasteiger partial charge in [-0.2, -0.15) is 0 Å². The Morgan fingerprint density at radius 1 is 1.14 bits per heavy atom. The molecule has 0 radical (unpaired) electrons. The van der Waals surface area contributed by atoms with Gasteiger partial charge in [-0.25, -0.2) is 9.97 Å². The van der Waals surface area contributed by atoms with Crippen LogP contribution in [-0.4, -0.2) is 30.0 Å². The molecule has 144 valence electrons. The molecule has 0 saturated carbocycles. The fourth-order valence-corrected chi connectivity index (χ4v) is 3.59. The van der Waals surface area contributed by atoms with Gasteiger partial charge in [0.25, 0.3) is 5.56 Å². The van der Waals surface area contributed by atoms with Crippen molar-refractivity contribution < 1.29 is 4.79 Å². The highest BCUT2D eigenvalue weighted by molar-refractivity contribution is 6.04. The van der Waals surface area contributed by atoms with Crippen LogP contribution in [0.3, 0.4) is 0 Å². The predicted octanol–water partition coefficient (Wildman–Crippen LogP) is 2.08. The Morgan fingerprint density at radius 2 is 1.93 bits per heavy atom. The molecule has 0 spiro atoms. The molecule has 5 aromatic rings. The first-order chi connectivity index (χ1) is 14.1. The van der Waals surface area contributed by atoms with Crippen LogP contribution in [0.4, 0.5) is 0 Å². The first-order valence-corrected chi connectivity index (χ1v) is 9.25.